The molecule has 0 spiro atoms. The van der Waals surface area contributed by atoms with Gasteiger partial charge in [-0.1, -0.05) is 36.4 Å². The summed E-state index contributed by atoms with van der Waals surface area (Å²) in [6, 6.07) is 13.3. The third-order valence-electron chi connectivity index (χ3n) is 3.25. The number of rotatable bonds is 5. The minimum Gasteiger partial charge on any atom is -0.387 e. The van der Waals surface area contributed by atoms with E-state index in [0.717, 1.165) is 17.7 Å². The molecular weight excluding hydrogens is 260 g/mol. The Morgan fingerprint density at radius 3 is 2.35 bits per heavy atom. The van der Waals surface area contributed by atoms with Crippen LogP contribution >= 0.6 is 0 Å². The molecule has 0 aliphatic rings. The van der Waals surface area contributed by atoms with Crippen LogP contribution in [0, 0.1) is 11.6 Å². The Morgan fingerprint density at radius 2 is 1.70 bits per heavy atom. The van der Waals surface area contributed by atoms with Crippen LogP contribution in [0.3, 0.4) is 0 Å². The third-order valence-corrected chi connectivity index (χ3v) is 3.25. The van der Waals surface area contributed by atoms with Crippen molar-refractivity contribution >= 4 is 0 Å². The molecule has 0 saturated carbocycles. The van der Waals surface area contributed by atoms with Crippen molar-refractivity contribution in [3.8, 4) is 0 Å². The van der Waals surface area contributed by atoms with E-state index < -0.39 is 17.7 Å². The summed E-state index contributed by atoms with van der Waals surface area (Å²) in [7, 11) is 0. The number of nitrogens with one attached hydrogen (secondary N) is 1. The summed E-state index contributed by atoms with van der Waals surface area (Å²) in [5.74, 6) is -1.86. The van der Waals surface area contributed by atoms with Gasteiger partial charge in [0.15, 0.2) is 11.6 Å². The first-order valence-electron chi connectivity index (χ1n) is 6.49. The van der Waals surface area contributed by atoms with Gasteiger partial charge in [-0.15, -0.1) is 0 Å². The van der Waals surface area contributed by atoms with E-state index in [9.17, 15) is 13.9 Å². The Labute approximate surface area is 117 Å². The zero-order valence-corrected chi connectivity index (χ0v) is 11.2. The molecule has 0 bridgehead atoms. The molecule has 0 saturated heterocycles. The van der Waals surface area contributed by atoms with Crippen LogP contribution in [0.4, 0.5) is 8.78 Å². The summed E-state index contributed by atoms with van der Waals surface area (Å²) in [5, 5.41) is 13.1. The van der Waals surface area contributed by atoms with E-state index in [4.69, 9.17) is 0 Å². The van der Waals surface area contributed by atoms with Crippen LogP contribution in [0.2, 0.25) is 0 Å². The van der Waals surface area contributed by atoms with E-state index in [-0.39, 0.29) is 12.6 Å². The fourth-order valence-electron chi connectivity index (χ4n) is 1.99. The van der Waals surface area contributed by atoms with Crippen LogP contribution in [0.1, 0.15) is 30.2 Å². The number of hydrogen-bond donors (Lipinski definition) is 2. The molecule has 2 N–H and O–H groups in total. The molecule has 0 radical (unpaired) electrons. The number of hydrogen-bond acceptors (Lipinski definition) is 2. The van der Waals surface area contributed by atoms with Crippen molar-refractivity contribution < 1.29 is 13.9 Å². The lowest BCUT2D eigenvalue weighted by atomic mass is 10.1. The monoisotopic (exact) mass is 277 g/mol. The van der Waals surface area contributed by atoms with Crippen molar-refractivity contribution in [1.29, 1.82) is 0 Å². The lowest BCUT2D eigenvalue weighted by Crippen LogP contribution is -2.24. The van der Waals surface area contributed by atoms with Crippen molar-refractivity contribution in [2.45, 2.75) is 19.1 Å². The highest BCUT2D eigenvalue weighted by molar-refractivity contribution is 5.21. The molecule has 2 nitrogen and oxygen atoms in total. The number of aliphatic hydroxyl groups is 1. The highest BCUT2D eigenvalue weighted by Crippen LogP contribution is 2.17. The van der Waals surface area contributed by atoms with Crippen molar-refractivity contribution in [2.24, 2.45) is 0 Å². The number of halogens is 2. The molecule has 2 rings (SSSR count). The van der Waals surface area contributed by atoms with Crippen molar-refractivity contribution in [2.75, 3.05) is 6.54 Å². The first-order chi connectivity index (χ1) is 9.58. The zero-order chi connectivity index (χ0) is 14.5. The predicted molar refractivity (Wildman–Crippen MR) is 74.2 cm³/mol. The maximum Gasteiger partial charge on any atom is 0.159 e. The predicted octanol–water partition coefficient (Wildman–Crippen LogP) is 3.35. The van der Waals surface area contributed by atoms with Gasteiger partial charge in [-0.2, -0.15) is 0 Å². The van der Waals surface area contributed by atoms with Crippen LogP contribution < -0.4 is 5.32 Å². The third kappa shape index (κ3) is 3.62. The molecular formula is C16H17F2NO. The van der Waals surface area contributed by atoms with Gasteiger partial charge in [-0.05, 0) is 30.2 Å². The standard InChI is InChI=1S/C16H17F2NO/c1-11(12-5-3-2-4-6-12)19-10-16(20)13-7-8-14(17)15(18)9-13/h2-9,11,16,19-20H,10H2,1H3/t11-,16?/m1/s1. The first kappa shape index (κ1) is 14.6. The molecule has 0 amide bonds. The van der Waals surface area contributed by atoms with E-state index in [1.807, 2.05) is 37.3 Å². The summed E-state index contributed by atoms with van der Waals surface area (Å²) >= 11 is 0. The lowest BCUT2D eigenvalue weighted by Gasteiger charge is -2.18. The fourth-order valence-corrected chi connectivity index (χ4v) is 1.99. The fraction of sp³-hybridized carbons (Fsp3) is 0.250. The number of aliphatic hydroxyl groups excluding tert-OH is 1. The Kier molecular flexibility index (Phi) is 4.82. The minimum atomic E-state index is -0.947. The summed E-state index contributed by atoms with van der Waals surface area (Å²) in [5.41, 5.74) is 1.46. The highest BCUT2D eigenvalue weighted by atomic mass is 19.2. The van der Waals surface area contributed by atoms with E-state index in [1.54, 1.807) is 0 Å². The van der Waals surface area contributed by atoms with Gasteiger partial charge in [0.1, 0.15) is 0 Å². The lowest BCUT2D eigenvalue weighted by molar-refractivity contribution is 0.170. The molecule has 0 fully saturated rings. The second-order valence-electron chi connectivity index (χ2n) is 4.73. The van der Waals surface area contributed by atoms with Crippen LogP contribution in [0.15, 0.2) is 48.5 Å². The average molecular weight is 277 g/mol. The summed E-state index contributed by atoms with van der Waals surface area (Å²) in [6.45, 7) is 2.24. The molecule has 0 heterocycles. The van der Waals surface area contributed by atoms with E-state index >= 15 is 0 Å². The zero-order valence-electron chi connectivity index (χ0n) is 11.2. The molecule has 2 atom stereocenters. The van der Waals surface area contributed by atoms with Gasteiger partial charge in [0.25, 0.3) is 0 Å². The van der Waals surface area contributed by atoms with Gasteiger partial charge in [-0.25, -0.2) is 8.78 Å². The maximum atomic E-state index is 13.1. The second-order valence-corrected chi connectivity index (χ2v) is 4.73. The first-order valence-corrected chi connectivity index (χ1v) is 6.49. The van der Waals surface area contributed by atoms with E-state index in [2.05, 4.69) is 5.32 Å². The smallest absolute Gasteiger partial charge is 0.159 e. The normalized spacial score (nSPS) is 14.0. The molecule has 4 heteroatoms. The van der Waals surface area contributed by atoms with Gasteiger partial charge in [-0.3, -0.25) is 0 Å². The molecule has 0 aliphatic carbocycles. The molecule has 106 valence electrons. The molecule has 20 heavy (non-hydrogen) atoms. The van der Waals surface area contributed by atoms with Crippen LogP contribution in [0.25, 0.3) is 0 Å². The Morgan fingerprint density at radius 1 is 1.00 bits per heavy atom. The van der Waals surface area contributed by atoms with Crippen LogP contribution in [-0.4, -0.2) is 11.7 Å². The molecule has 2 aromatic rings. The molecule has 2 aromatic carbocycles. The summed E-state index contributed by atoms with van der Waals surface area (Å²) < 4.78 is 25.9. The molecule has 0 aliphatic heterocycles. The van der Waals surface area contributed by atoms with Gasteiger partial charge in [0.2, 0.25) is 0 Å². The number of benzene rings is 2. The van der Waals surface area contributed by atoms with Crippen molar-refractivity contribution in [3.63, 3.8) is 0 Å². The Bertz CT molecular complexity index is 560. The summed E-state index contributed by atoms with van der Waals surface area (Å²) in [4.78, 5) is 0. The Balaban J connectivity index is 1.95. The van der Waals surface area contributed by atoms with Gasteiger partial charge >= 0.3 is 0 Å². The topological polar surface area (TPSA) is 32.3 Å². The highest BCUT2D eigenvalue weighted by Gasteiger charge is 2.12. The maximum absolute atomic E-state index is 13.1. The van der Waals surface area contributed by atoms with Crippen molar-refractivity contribution in [3.05, 3.63) is 71.3 Å². The van der Waals surface area contributed by atoms with Gasteiger partial charge in [0.05, 0.1) is 6.10 Å². The molecule has 0 aromatic heterocycles. The van der Waals surface area contributed by atoms with E-state index in [1.165, 1.54) is 6.07 Å². The minimum absolute atomic E-state index is 0.0659. The summed E-state index contributed by atoms with van der Waals surface area (Å²) in [6.07, 6.45) is -0.878. The van der Waals surface area contributed by atoms with Gasteiger partial charge in [0, 0.05) is 12.6 Å². The second kappa shape index (κ2) is 6.59. The molecule has 1 unspecified atom stereocenters. The SMILES string of the molecule is C[C@@H](NCC(O)c1ccc(F)c(F)c1)c1ccccc1. The average Bonchev–Trinajstić information content (AvgIpc) is 2.48. The van der Waals surface area contributed by atoms with E-state index in [0.29, 0.717) is 5.56 Å². The van der Waals surface area contributed by atoms with Gasteiger partial charge < -0.3 is 10.4 Å². The quantitative estimate of drug-likeness (QED) is 0.878. The van der Waals surface area contributed by atoms with Crippen LogP contribution in [-0.2, 0) is 0 Å². The Hall–Kier alpha value is -1.78. The van der Waals surface area contributed by atoms with Crippen LogP contribution in [0.5, 0.6) is 0 Å². The van der Waals surface area contributed by atoms with Crippen molar-refractivity contribution in [1.82, 2.24) is 5.32 Å². The largest absolute Gasteiger partial charge is 0.387 e.